The molecule has 100 valence electrons. The lowest BCUT2D eigenvalue weighted by Gasteiger charge is -2.45. The van der Waals surface area contributed by atoms with Crippen LogP contribution in [-0.4, -0.2) is 6.04 Å². The van der Waals surface area contributed by atoms with Crippen molar-refractivity contribution < 1.29 is 0 Å². The van der Waals surface area contributed by atoms with Crippen molar-refractivity contribution >= 4 is 28.3 Å². The molecule has 0 atom stereocenters. The first-order chi connectivity index (χ1) is 8.26. The molecule has 0 aromatic heterocycles. The summed E-state index contributed by atoms with van der Waals surface area (Å²) in [5.74, 6) is 0. The molecule has 18 heavy (non-hydrogen) atoms. The van der Waals surface area contributed by atoms with Crippen LogP contribution in [0.2, 0.25) is 0 Å². The van der Waals surface area contributed by atoms with Crippen molar-refractivity contribution in [2.75, 3.05) is 5.32 Å². The van der Waals surface area contributed by atoms with E-state index in [4.69, 9.17) is 0 Å². The van der Waals surface area contributed by atoms with Crippen LogP contribution in [0.3, 0.4) is 0 Å². The first-order valence-corrected chi connectivity index (χ1v) is 7.86. The zero-order chi connectivity index (χ0) is 13.4. The molecule has 1 saturated carbocycles. The molecule has 1 aromatic rings. The Kier molecular flexibility index (Phi) is 3.96. The summed E-state index contributed by atoms with van der Waals surface area (Å²) < 4.78 is 1.30. The Labute approximate surface area is 125 Å². The molecular weight excluding hydrogens is 333 g/mol. The van der Waals surface area contributed by atoms with Crippen molar-refractivity contribution in [3.05, 3.63) is 27.8 Å². The van der Waals surface area contributed by atoms with Crippen LogP contribution in [0.5, 0.6) is 0 Å². The van der Waals surface area contributed by atoms with E-state index in [0.717, 1.165) is 0 Å². The molecule has 0 radical (unpaired) electrons. The van der Waals surface area contributed by atoms with E-state index in [1.807, 2.05) is 0 Å². The lowest BCUT2D eigenvalue weighted by molar-refractivity contribution is 0.105. The highest BCUT2D eigenvalue weighted by Gasteiger charge is 2.38. The van der Waals surface area contributed by atoms with Crippen LogP contribution in [0.1, 0.15) is 47.0 Å². The van der Waals surface area contributed by atoms with E-state index in [2.05, 4.69) is 79.9 Å². The molecule has 2 heteroatoms. The molecule has 1 nitrogen and oxygen atoms in total. The number of nitrogens with one attached hydrogen (secondary N) is 1. The van der Waals surface area contributed by atoms with E-state index in [-0.39, 0.29) is 0 Å². The number of hydrogen-bond donors (Lipinski definition) is 1. The highest BCUT2D eigenvalue weighted by atomic mass is 127. The largest absolute Gasteiger partial charge is 0.382 e. The SMILES string of the molecule is CC1(C)CC(Nc2cccc(I)c2)CC(C)(C)C1. The first-order valence-electron chi connectivity index (χ1n) is 6.78. The monoisotopic (exact) mass is 357 g/mol. The van der Waals surface area contributed by atoms with Gasteiger partial charge >= 0.3 is 0 Å². The summed E-state index contributed by atoms with van der Waals surface area (Å²) >= 11 is 2.37. The van der Waals surface area contributed by atoms with Gasteiger partial charge in [0.25, 0.3) is 0 Å². The van der Waals surface area contributed by atoms with Gasteiger partial charge in [-0.1, -0.05) is 33.8 Å². The Bertz CT molecular complexity index is 407. The van der Waals surface area contributed by atoms with Gasteiger partial charge in [-0.15, -0.1) is 0 Å². The lowest BCUT2D eigenvalue weighted by atomic mass is 9.63. The maximum Gasteiger partial charge on any atom is 0.0352 e. The van der Waals surface area contributed by atoms with Crippen LogP contribution in [0.25, 0.3) is 0 Å². The summed E-state index contributed by atoms with van der Waals surface area (Å²) in [5, 5.41) is 3.73. The quantitative estimate of drug-likeness (QED) is 0.708. The Hall–Kier alpha value is -0.250. The molecule has 0 heterocycles. The fraction of sp³-hybridized carbons (Fsp3) is 0.625. The van der Waals surface area contributed by atoms with Crippen molar-refractivity contribution in [1.29, 1.82) is 0 Å². The molecule has 0 unspecified atom stereocenters. The minimum Gasteiger partial charge on any atom is -0.382 e. The molecule has 0 spiro atoms. The molecule has 0 aliphatic heterocycles. The van der Waals surface area contributed by atoms with Gasteiger partial charge in [0.15, 0.2) is 0 Å². The predicted molar refractivity (Wildman–Crippen MR) is 88.0 cm³/mol. The number of benzene rings is 1. The van der Waals surface area contributed by atoms with Gasteiger partial charge in [-0.05, 0) is 70.9 Å². The third-order valence-corrected chi connectivity index (χ3v) is 4.42. The number of halogens is 1. The second-order valence-electron chi connectivity index (χ2n) is 7.27. The first kappa shape index (κ1) is 14.2. The van der Waals surface area contributed by atoms with Crippen molar-refractivity contribution in [2.24, 2.45) is 10.8 Å². The van der Waals surface area contributed by atoms with Crippen LogP contribution >= 0.6 is 22.6 Å². The molecule has 1 aliphatic carbocycles. The highest BCUT2D eigenvalue weighted by molar-refractivity contribution is 14.1. The Balaban J connectivity index is 2.09. The van der Waals surface area contributed by atoms with Gasteiger partial charge in [-0.2, -0.15) is 0 Å². The standard InChI is InChI=1S/C16H24IN/c1-15(2)9-14(10-16(3,4)11-15)18-13-7-5-6-12(17)8-13/h5-8,14,18H,9-11H2,1-4H3. The number of anilines is 1. The summed E-state index contributed by atoms with van der Waals surface area (Å²) in [6.45, 7) is 9.60. The van der Waals surface area contributed by atoms with Crippen LogP contribution in [0, 0.1) is 14.4 Å². The summed E-state index contributed by atoms with van der Waals surface area (Å²) in [6, 6.07) is 9.28. The summed E-state index contributed by atoms with van der Waals surface area (Å²) in [6.07, 6.45) is 3.86. The minimum absolute atomic E-state index is 0.446. The van der Waals surface area contributed by atoms with E-state index in [0.29, 0.717) is 16.9 Å². The topological polar surface area (TPSA) is 12.0 Å². The van der Waals surface area contributed by atoms with Gasteiger partial charge in [0.2, 0.25) is 0 Å². The van der Waals surface area contributed by atoms with Crippen molar-refractivity contribution in [3.8, 4) is 0 Å². The smallest absolute Gasteiger partial charge is 0.0352 e. The number of rotatable bonds is 2. The number of hydrogen-bond acceptors (Lipinski definition) is 1. The van der Waals surface area contributed by atoms with Gasteiger partial charge < -0.3 is 5.32 Å². The van der Waals surface area contributed by atoms with Gasteiger partial charge in [0.05, 0.1) is 0 Å². The van der Waals surface area contributed by atoms with E-state index >= 15 is 0 Å². The molecule has 0 saturated heterocycles. The van der Waals surface area contributed by atoms with Gasteiger partial charge in [0.1, 0.15) is 0 Å². The van der Waals surface area contributed by atoms with Gasteiger partial charge in [0, 0.05) is 15.3 Å². The Morgan fingerprint density at radius 2 is 1.72 bits per heavy atom. The second-order valence-corrected chi connectivity index (χ2v) is 8.51. The zero-order valence-corrected chi connectivity index (χ0v) is 14.0. The molecule has 1 aromatic carbocycles. The zero-order valence-electron chi connectivity index (χ0n) is 11.9. The fourth-order valence-electron chi connectivity index (χ4n) is 3.76. The van der Waals surface area contributed by atoms with Crippen LogP contribution in [0.4, 0.5) is 5.69 Å². The molecule has 1 N–H and O–H groups in total. The van der Waals surface area contributed by atoms with Crippen molar-refractivity contribution in [1.82, 2.24) is 0 Å². The molecule has 2 rings (SSSR count). The summed E-state index contributed by atoms with van der Waals surface area (Å²) in [4.78, 5) is 0. The maximum atomic E-state index is 3.73. The normalized spacial score (nSPS) is 22.7. The summed E-state index contributed by atoms with van der Waals surface area (Å²) in [7, 11) is 0. The second kappa shape index (κ2) is 5.03. The van der Waals surface area contributed by atoms with E-state index in [9.17, 15) is 0 Å². The molecule has 0 bridgehead atoms. The lowest BCUT2D eigenvalue weighted by Crippen LogP contribution is -2.40. The summed E-state index contributed by atoms with van der Waals surface area (Å²) in [5.41, 5.74) is 2.16. The van der Waals surface area contributed by atoms with E-state index < -0.39 is 0 Å². The van der Waals surface area contributed by atoms with Gasteiger partial charge in [-0.3, -0.25) is 0 Å². The molecular formula is C16H24IN. The Morgan fingerprint density at radius 1 is 1.11 bits per heavy atom. The third kappa shape index (κ3) is 3.87. The van der Waals surface area contributed by atoms with Crippen LogP contribution < -0.4 is 5.32 Å². The Morgan fingerprint density at radius 3 is 2.28 bits per heavy atom. The minimum atomic E-state index is 0.446. The van der Waals surface area contributed by atoms with E-state index in [1.165, 1.54) is 28.5 Å². The maximum absolute atomic E-state index is 3.73. The molecule has 0 amide bonds. The van der Waals surface area contributed by atoms with Crippen LogP contribution in [0.15, 0.2) is 24.3 Å². The van der Waals surface area contributed by atoms with Crippen molar-refractivity contribution in [2.45, 2.75) is 53.0 Å². The molecule has 1 aliphatic rings. The van der Waals surface area contributed by atoms with Gasteiger partial charge in [-0.25, -0.2) is 0 Å². The predicted octanol–water partition coefficient (Wildman–Crippen LogP) is 5.31. The van der Waals surface area contributed by atoms with Crippen molar-refractivity contribution in [3.63, 3.8) is 0 Å². The fourth-order valence-corrected chi connectivity index (χ4v) is 4.31. The molecule has 1 fully saturated rings. The van der Waals surface area contributed by atoms with Crippen LogP contribution in [-0.2, 0) is 0 Å². The highest BCUT2D eigenvalue weighted by Crippen LogP contribution is 2.46. The third-order valence-electron chi connectivity index (χ3n) is 3.75. The average Bonchev–Trinajstić information content (AvgIpc) is 2.11. The average molecular weight is 357 g/mol. The van der Waals surface area contributed by atoms with E-state index in [1.54, 1.807) is 0 Å².